The Balaban J connectivity index is 2.05. The zero-order valence-electron chi connectivity index (χ0n) is 12.0. The third-order valence-electron chi connectivity index (χ3n) is 3.78. The Morgan fingerprint density at radius 3 is 2.73 bits per heavy atom. The quantitative estimate of drug-likeness (QED) is 0.786. The van der Waals surface area contributed by atoms with E-state index in [1.165, 1.54) is 6.07 Å². The number of carbonyl (C=O) groups is 1. The third-order valence-corrected chi connectivity index (χ3v) is 3.78. The van der Waals surface area contributed by atoms with Gasteiger partial charge in [0.25, 0.3) is 0 Å². The molecule has 0 radical (unpaired) electrons. The summed E-state index contributed by atoms with van der Waals surface area (Å²) < 4.78 is 14.4. The molecule has 1 heterocycles. The molecule has 0 aliphatic heterocycles. The van der Waals surface area contributed by atoms with Crippen LogP contribution < -0.4 is 0 Å². The number of carboxylic acid groups (broad SMARTS) is 1. The summed E-state index contributed by atoms with van der Waals surface area (Å²) in [5, 5.41) is 9.93. The van der Waals surface area contributed by atoms with Gasteiger partial charge in [-0.05, 0) is 42.3 Å². The van der Waals surface area contributed by atoms with Gasteiger partial charge in [0.1, 0.15) is 5.82 Å². The average molecular weight is 295 g/mol. The zero-order valence-corrected chi connectivity index (χ0v) is 12.0. The predicted molar refractivity (Wildman–Crippen MR) is 83.2 cm³/mol. The highest BCUT2D eigenvalue weighted by molar-refractivity contribution is 5.84. The molecule has 110 valence electrons. The molecule has 0 aliphatic carbocycles. The molecule has 0 saturated carbocycles. The first-order valence-electron chi connectivity index (χ1n) is 6.93. The minimum absolute atomic E-state index is 0.422. The maximum atomic E-state index is 14.4. The lowest BCUT2D eigenvalue weighted by molar-refractivity contribution is -0.138. The summed E-state index contributed by atoms with van der Waals surface area (Å²) in [5.41, 5.74) is 2.50. The Labute approximate surface area is 127 Å². The molecule has 3 rings (SSSR count). The van der Waals surface area contributed by atoms with E-state index < -0.39 is 17.7 Å². The van der Waals surface area contributed by atoms with Crippen LogP contribution in [0.15, 0.2) is 54.7 Å². The van der Waals surface area contributed by atoms with Crippen LogP contribution in [0.2, 0.25) is 0 Å². The van der Waals surface area contributed by atoms with Gasteiger partial charge < -0.3 is 5.11 Å². The lowest BCUT2D eigenvalue weighted by atomic mass is 9.96. The van der Waals surface area contributed by atoms with E-state index in [0.29, 0.717) is 11.1 Å². The molecular formula is C18H14FNO2. The first-order chi connectivity index (χ1) is 10.6. The molecule has 2 aromatic carbocycles. The van der Waals surface area contributed by atoms with E-state index in [2.05, 4.69) is 4.98 Å². The highest BCUT2D eigenvalue weighted by Crippen LogP contribution is 2.28. The molecule has 1 aromatic heterocycles. The summed E-state index contributed by atoms with van der Waals surface area (Å²) >= 11 is 0. The molecule has 0 spiro atoms. The molecule has 1 unspecified atom stereocenters. The molecule has 1 atom stereocenters. The van der Waals surface area contributed by atoms with Crippen molar-refractivity contribution in [3.8, 4) is 11.1 Å². The maximum absolute atomic E-state index is 14.4. The first-order valence-corrected chi connectivity index (χ1v) is 6.93. The van der Waals surface area contributed by atoms with Crippen molar-refractivity contribution in [2.75, 3.05) is 0 Å². The Kier molecular flexibility index (Phi) is 3.59. The molecular weight excluding hydrogens is 281 g/mol. The maximum Gasteiger partial charge on any atom is 0.310 e. The van der Waals surface area contributed by atoms with Gasteiger partial charge in [-0.25, -0.2) is 4.39 Å². The molecule has 22 heavy (non-hydrogen) atoms. The van der Waals surface area contributed by atoms with Crippen LogP contribution in [-0.4, -0.2) is 16.1 Å². The van der Waals surface area contributed by atoms with E-state index in [1.807, 2.05) is 30.3 Å². The van der Waals surface area contributed by atoms with Gasteiger partial charge in [-0.15, -0.1) is 0 Å². The lowest BCUT2D eigenvalue weighted by Gasteiger charge is -2.10. The van der Waals surface area contributed by atoms with Gasteiger partial charge >= 0.3 is 5.97 Å². The second kappa shape index (κ2) is 5.56. The largest absolute Gasteiger partial charge is 0.481 e. The van der Waals surface area contributed by atoms with Gasteiger partial charge in [0.15, 0.2) is 0 Å². The van der Waals surface area contributed by atoms with Crippen LogP contribution in [0, 0.1) is 5.82 Å². The molecule has 0 bridgehead atoms. The second-order valence-corrected chi connectivity index (χ2v) is 5.21. The van der Waals surface area contributed by atoms with Gasteiger partial charge in [-0.1, -0.05) is 24.3 Å². The number of rotatable bonds is 3. The Hall–Kier alpha value is -2.75. The fourth-order valence-electron chi connectivity index (χ4n) is 2.42. The second-order valence-electron chi connectivity index (χ2n) is 5.21. The van der Waals surface area contributed by atoms with Gasteiger partial charge in [0, 0.05) is 17.1 Å². The van der Waals surface area contributed by atoms with E-state index in [9.17, 15) is 9.18 Å². The van der Waals surface area contributed by atoms with Gasteiger partial charge in [-0.3, -0.25) is 9.78 Å². The molecule has 3 aromatic rings. The highest BCUT2D eigenvalue weighted by Gasteiger charge is 2.16. The molecule has 0 aliphatic rings. The van der Waals surface area contributed by atoms with Crippen LogP contribution in [0.1, 0.15) is 18.4 Å². The number of fused-ring (bicyclic) bond motifs is 1. The number of benzene rings is 2. The van der Waals surface area contributed by atoms with Crippen molar-refractivity contribution in [2.24, 2.45) is 0 Å². The summed E-state index contributed by atoms with van der Waals surface area (Å²) in [6.45, 7) is 1.54. The fourth-order valence-corrected chi connectivity index (χ4v) is 2.42. The van der Waals surface area contributed by atoms with Crippen LogP contribution in [0.3, 0.4) is 0 Å². The number of hydrogen-bond donors (Lipinski definition) is 1. The number of aromatic nitrogens is 1. The van der Waals surface area contributed by atoms with Crippen molar-refractivity contribution in [2.45, 2.75) is 12.8 Å². The lowest BCUT2D eigenvalue weighted by Crippen LogP contribution is -2.07. The fraction of sp³-hybridized carbons (Fsp3) is 0.111. The average Bonchev–Trinajstić information content (AvgIpc) is 2.53. The Bertz CT molecular complexity index is 861. The first kappa shape index (κ1) is 14.2. The van der Waals surface area contributed by atoms with E-state index in [1.54, 1.807) is 25.3 Å². The van der Waals surface area contributed by atoms with Crippen molar-refractivity contribution in [3.63, 3.8) is 0 Å². The standard InChI is InChI=1S/C18H14FNO2/c1-11(18(21)22)12-4-6-15(16(19)10-12)13-5-7-17-14(9-13)3-2-8-20-17/h2-11H,1H3,(H,21,22). The highest BCUT2D eigenvalue weighted by atomic mass is 19.1. The van der Waals surface area contributed by atoms with Crippen LogP contribution in [-0.2, 0) is 4.79 Å². The summed E-state index contributed by atoms with van der Waals surface area (Å²) in [6, 6.07) is 13.9. The number of carboxylic acids is 1. The van der Waals surface area contributed by atoms with Crippen molar-refractivity contribution in [1.82, 2.24) is 4.98 Å². The molecule has 0 amide bonds. The number of hydrogen-bond acceptors (Lipinski definition) is 2. The number of halogens is 1. The SMILES string of the molecule is CC(C(=O)O)c1ccc(-c2ccc3ncccc3c2)c(F)c1. The van der Waals surface area contributed by atoms with E-state index in [4.69, 9.17) is 5.11 Å². The van der Waals surface area contributed by atoms with Crippen molar-refractivity contribution in [3.05, 3.63) is 66.1 Å². The van der Waals surface area contributed by atoms with Gasteiger partial charge in [0.05, 0.1) is 11.4 Å². The summed E-state index contributed by atoms with van der Waals surface area (Å²) in [7, 11) is 0. The van der Waals surface area contributed by atoms with E-state index >= 15 is 0 Å². The number of nitrogens with zero attached hydrogens (tertiary/aromatic N) is 1. The smallest absolute Gasteiger partial charge is 0.310 e. The summed E-state index contributed by atoms with van der Waals surface area (Å²) in [5.74, 6) is -2.12. The van der Waals surface area contributed by atoms with Crippen LogP contribution >= 0.6 is 0 Å². The summed E-state index contributed by atoms with van der Waals surface area (Å²) in [4.78, 5) is 15.2. The molecule has 0 fully saturated rings. The third kappa shape index (κ3) is 2.55. The monoisotopic (exact) mass is 295 g/mol. The van der Waals surface area contributed by atoms with Crippen LogP contribution in [0.5, 0.6) is 0 Å². The van der Waals surface area contributed by atoms with Crippen molar-refractivity contribution < 1.29 is 14.3 Å². The normalized spacial score (nSPS) is 12.3. The molecule has 4 heteroatoms. The predicted octanol–water partition coefficient (Wildman–Crippen LogP) is 4.23. The van der Waals surface area contributed by atoms with Crippen molar-refractivity contribution in [1.29, 1.82) is 0 Å². The van der Waals surface area contributed by atoms with Crippen LogP contribution in [0.25, 0.3) is 22.0 Å². The Morgan fingerprint density at radius 2 is 2.00 bits per heavy atom. The molecule has 3 nitrogen and oxygen atoms in total. The topological polar surface area (TPSA) is 50.2 Å². The Morgan fingerprint density at radius 1 is 1.18 bits per heavy atom. The zero-order chi connectivity index (χ0) is 15.7. The summed E-state index contributed by atoms with van der Waals surface area (Å²) in [6.07, 6.45) is 1.71. The van der Waals surface area contributed by atoms with E-state index in [0.717, 1.165) is 16.5 Å². The van der Waals surface area contributed by atoms with Gasteiger partial charge in [0.2, 0.25) is 0 Å². The van der Waals surface area contributed by atoms with Crippen molar-refractivity contribution >= 4 is 16.9 Å². The molecule has 1 N–H and O–H groups in total. The van der Waals surface area contributed by atoms with E-state index in [-0.39, 0.29) is 0 Å². The molecule has 0 saturated heterocycles. The number of pyridine rings is 1. The van der Waals surface area contributed by atoms with Crippen LogP contribution in [0.4, 0.5) is 4.39 Å². The van der Waals surface area contributed by atoms with Gasteiger partial charge in [-0.2, -0.15) is 0 Å². The minimum Gasteiger partial charge on any atom is -0.481 e. The number of aliphatic carboxylic acids is 1. The minimum atomic E-state index is -0.969.